The van der Waals surface area contributed by atoms with Crippen molar-refractivity contribution in [3.63, 3.8) is 0 Å². The van der Waals surface area contributed by atoms with Gasteiger partial charge in [-0.1, -0.05) is 24.3 Å². The number of nitrogens with zero attached hydrogens (tertiary/aromatic N) is 5. The molecule has 7 nitrogen and oxygen atoms in total. The van der Waals surface area contributed by atoms with Crippen LogP contribution < -0.4 is 5.32 Å². The number of nitrogens with one attached hydrogen (secondary N) is 1. The Balaban J connectivity index is 0.00000225. The summed E-state index contributed by atoms with van der Waals surface area (Å²) in [6.07, 6.45) is 2.73. The van der Waals surface area contributed by atoms with Gasteiger partial charge in [-0.3, -0.25) is 9.39 Å². The lowest BCUT2D eigenvalue weighted by Crippen LogP contribution is -2.39. The van der Waals surface area contributed by atoms with Crippen LogP contribution in [0.2, 0.25) is 0 Å². The van der Waals surface area contributed by atoms with Crippen LogP contribution in [0.3, 0.4) is 0 Å². The molecule has 3 aromatic heterocycles. The molecule has 0 saturated carbocycles. The van der Waals surface area contributed by atoms with E-state index >= 15 is 0 Å². The molecule has 4 aromatic rings. The summed E-state index contributed by atoms with van der Waals surface area (Å²) in [6, 6.07) is 16.0. The number of halogens is 1. The minimum Gasteiger partial charge on any atom is -0.459 e. The third-order valence-electron chi connectivity index (χ3n) is 4.46. The third kappa shape index (κ3) is 4.27. The third-order valence-corrected chi connectivity index (χ3v) is 4.46. The highest BCUT2D eigenvalue weighted by Gasteiger charge is 2.11. The molecule has 0 fully saturated rings. The van der Waals surface area contributed by atoms with E-state index in [1.165, 1.54) is 0 Å². The van der Waals surface area contributed by atoms with E-state index in [0.29, 0.717) is 13.1 Å². The molecule has 0 aliphatic heterocycles. The first-order valence-corrected chi connectivity index (χ1v) is 8.92. The molecule has 0 saturated heterocycles. The number of aromatic nitrogens is 3. The predicted molar refractivity (Wildman–Crippen MR) is 121 cm³/mol. The lowest BCUT2D eigenvalue weighted by Gasteiger charge is -2.20. The van der Waals surface area contributed by atoms with Gasteiger partial charge < -0.3 is 14.6 Å². The molecule has 0 unspecified atom stereocenters. The second-order valence-electron chi connectivity index (χ2n) is 6.38. The number of hydrogen-bond acceptors (Lipinski definition) is 4. The number of benzene rings is 1. The Kier molecular flexibility index (Phi) is 6.50. The first kappa shape index (κ1) is 20.1. The number of hydrogen-bond donors (Lipinski definition) is 1. The average Bonchev–Trinajstić information content (AvgIpc) is 3.28. The van der Waals surface area contributed by atoms with Crippen LogP contribution in [-0.2, 0) is 13.0 Å². The van der Waals surface area contributed by atoms with Gasteiger partial charge in [0.25, 0.3) is 0 Å². The maximum absolute atomic E-state index is 5.90. The molecule has 0 atom stereocenters. The van der Waals surface area contributed by atoms with Crippen molar-refractivity contribution >= 4 is 46.6 Å². The van der Waals surface area contributed by atoms with E-state index < -0.39 is 0 Å². The van der Waals surface area contributed by atoms with E-state index in [1.54, 1.807) is 7.05 Å². The highest BCUT2D eigenvalue weighted by molar-refractivity contribution is 14.0. The van der Waals surface area contributed by atoms with Crippen LogP contribution in [0.5, 0.6) is 0 Å². The zero-order valence-corrected chi connectivity index (χ0v) is 18.2. The van der Waals surface area contributed by atoms with Crippen molar-refractivity contribution in [2.45, 2.75) is 13.0 Å². The minimum absolute atomic E-state index is 0. The van der Waals surface area contributed by atoms with Crippen LogP contribution in [0, 0.1) is 0 Å². The fourth-order valence-corrected chi connectivity index (χ4v) is 3.16. The lowest BCUT2D eigenvalue weighted by molar-refractivity contribution is 0.413. The highest BCUT2D eigenvalue weighted by Crippen LogP contribution is 2.19. The first-order chi connectivity index (χ1) is 13.2. The number of pyridine rings is 1. The molecule has 28 heavy (non-hydrogen) atoms. The normalized spacial score (nSPS) is 11.6. The molecule has 4 rings (SSSR count). The molecule has 0 spiro atoms. The molecule has 0 bridgehead atoms. The number of aliphatic imine (C=N–C) groups is 1. The Hall–Kier alpha value is -2.62. The van der Waals surface area contributed by atoms with Crippen molar-refractivity contribution in [2.75, 3.05) is 20.6 Å². The van der Waals surface area contributed by atoms with Gasteiger partial charge in [0.1, 0.15) is 17.2 Å². The number of furan rings is 1. The molecule has 0 aliphatic rings. The average molecular weight is 490 g/mol. The summed E-state index contributed by atoms with van der Waals surface area (Å²) in [5, 5.41) is 12.9. The molecule has 0 amide bonds. The van der Waals surface area contributed by atoms with Gasteiger partial charge in [-0.2, -0.15) is 0 Å². The fraction of sp³-hybridized carbons (Fsp3) is 0.250. The quantitative estimate of drug-likeness (QED) is 0.264. The van der Waals surface area contributed by atoms with Gasteiger partial charge in [-0.25, -0.2) is 0 Å². The van der Waals surface area contributed by atoms with Crippen molar-refractivity contribution in [3.05, 3.63) is 66.3 Å². The van der Waals surface area contributed by atoms with Crippen LogP contribution in [0.15, 0.2) is 64.1 Å². The van der Waals surface area contributed by atoms with Crippen molar-refractivity contribution in [1.29, 1.82) is 0 Å². The number of para-hydroxylation sites is 1. The van der Waals surface area contributed by atoms with Crippen LogP contribution in [0.4, 0.5) is 0 Å². The van der Waals surface area contributed by atoms with Gasteiger partial charge >= 0.3 is 0 Å². The molecule has 146 valence electrons. The SMILES string of the molecule is CN=C(NCCc1nnc2ccccn12)N(C)Cc1cc2ccccc2o1.I. The molecule has 1 aromatic carbocycles. The fourth-order valence-electron chi connectivity index (χ4n) is 3.16. The zero-order valence-electron chi connectivity index (χ0n) is 15.9. The Bertz CT molecular complexity index is 1050. The second kappa shape index (κ2) is 9.05. The second-order valence-corrected chi connectivity index (χ2v) is 6.38. The van der Waals surface area contributed by atoms with Gasteiger partial charge in [0.05, 0.1) is 6.54 Å². The molecule has 0 aliphatic carbocycles. The largest absolute Gasteiger partial charge is 0.459 e. The summed E-state index contributed by atoms with van der Waals surface area (Å²) in [5.41, 5.74) is 1.77. The van der Waals surface area contributed by atoms with Crippen LogP contribution in [-0.4, -0.2) is 46.1 Å². The van der Waals surface area contributed by atoms with Crippen LogP contribution in [0.25, 0.3) is 16.6 Å². The van der Waals surface area contributed by atoms with E-state index in [-0.39, 0.29) is 24.0 Å². The van der Waals surface area contributed by atoms with Crippen molar-refractivity contribution in [3.8, 4) is 0 Å². The van der Waals surface area contributed by atoms with E-state index in [0.717, 1.165) is 40.6 Å². The van der Waals surface area contributed by atoms with Gasteiger partial charge in [-0.15, -0.1) is 34.2 Å². The summed E-state index contributed by atoms with van der Waals surface area (Å²) in [7, 11) is 3.78. The van der Waals surface area contributed by atoms with Gasteiger partial charge in [0, 0.05) is 38.6 Å². The smallest absolute Gasteiger partial charge is 0.193 e. The molecular formula is C20H23IN6O. The Labute approximate surface area is 180 Å². The summed E-state index contributed by atoms with van der Waals surface area (Å²) in [6.45, 7) is 1.36. The van der Waals surface area contributed by atoms with Crippen molar-refractivity contribution < 1.29 is 4.42 Å². The van der Waals surface area contributed by atoms with Crippen LogP contribution >= 0.6 is 24.0 Å². The van der Waals surface area contributed by atoms with Crippen molar-refractivity contribution in [1.82, 2.24) is 24.8 Å². The summed E-state index contributed by atoms with van der Waals surface area (Å²) < 4.78 is 7.90. The number of fused-ring (bicyclic) bond motifs is 2. The van der Waals surface area contributed by atoms with E-state index in [4.69, 9.17) is 4.42 Å². The summed E-state index contributed by atoms with van der Waals surface area (Å²) in [5.74, 6) is 2.64. The molecule has 3 heterocycles. The first-order valence-electron chi connectivity index (χ1n) is 8.92. The topological polar surface area (TPSA) is 71.0 Å². The maximum atomic E-state index is 5.90. The summed E-state index contributed by atoms with van der Waals surface area (Å²) >= 11 is 0. The van der Waals surface area contributed by atoms with E-state index in [1.807, 2.05) is 58.9 Å². The standard InChI is InChI=1S/C20H22N6O.HI/c1-21-20(22-11-10-19-24-23-18-9-5-6-12-26(18)19)25(2)14-16-13-15-7-3-4-8-17(15)27-16;/h3-9,12-13H,10-11,14H2,1-2H3,(H,21,22);1H. The molecule has 8 heteroatoms. The predicted octanol–water partition coefficient (Wildman–Crippen LogP) is 3.34. The van der Waals surface area contributed by atoms with E-state index in [2.05, 4.69) is 32.6 Å². The molecule has 1 N–H and O–H groups in total. The minimum atomic E-state index is 0. The number of guanidine groups is 1. The van der Waals surface area contributed by atoms with Crippen LogP contribution in [0.1, 0.15) is 11.6 Å². The number of rotatable bonds is 5. The van der Waals surface area contributed by atoms with E-state index in [9.17, 15) is 0 Å². The van der Waals surface area contributed by atoms with Crippen molar-refractivity contribution in [2.24, 2.45) is 4.99 Å². The highest BCUT2D eigenvalue weighted by atomic mass is 127. The van der Waals surface area contributed by atoms with Gasteiger partial charge in [0.15, 0.2) is 11.6 Å². The maximum Gasteiger partial charge on any atom is 0.193 e. The Morgan fingerprint density at radius 3 is 2.82 bits per heavy atom. The zero-order chi connectivity index (χ0) is 18.6. The molecule has 0 radical (unpaired) electrons. The Morgan fingerprint density at radius 1 is 1.18 bits per heavy atom. The summed E-state index contributed by atoms with van der Waals surface area (Å²) in [4.78, 5) is 6.41. The monoisotopic (exact) mass is 490 g/mol. The Morgan fingerprint density at radius 2 is 2.00 bits per heavy atom. The molecular weight excluding hydrogens is 467 g/mol. The lowest BCUT2D eigenvalue weighted by atomic mass is 10.2. The van der Waals surface area contributed by atoms with Gasteiger partial charge in [-0.05, 0) is 24.3 Å². The van der Waals surface area contributed by atoms with Gasteiger partial charge in [0.2, 0.25) is 0 Å².